The zero-order chi connectivity index (χ0) is 19.3. The van der Waals surface area contributed by atoms with E-state index in [0.717, 1.165) is 11.4 Å². The lowest BCUT2D eigenvalue weighted by Gasteiger charge is -2.33. The number of methoxy groups -OCH3 is 1. The fourth-order valence-electron chi connectivity index (χ4n) is 3.58. The number of anilines is 1. The third kappa shape index (κ3) is 3.29. The van der Waals surface area contributed by atoms with Gasteiger partial charge < -0.3 is 9.47 Å². The van der Waals surface area contributed by atoms with Crippen LogP contribution in [0.2, 0.25) is 0 Å². The summed E-state index contributed by atoms with van der Waals surface area (Å²) < 4.78 is 13.3. The van der Waals surface area contributed by atoms with Crippen molar-refractivity contribution in [3.63, 3.8) is 0 Å². The summed E-state index contributed by atoms with van der Waals surface area (Å²) in [4.78, 5) is 15.2. The lowest BCUT2D eigenvalue weighted by Crippen LogP contribution is -2.42. The van der Waals surface area contributed by atoms with Crippen LogP contribution in [0.25, 0.3) is 0 Å². The molecule has 6 heteroatoms. The first-order valence-electron chi connectivity index (χ1n) is 9.55. The highest BCUT2D eigenvalue weighted by Gasteiger charge is 2.35. The summed E-state index contributed by atoms with van der Waals surface area (Å²) in [5.41, 5.74) is 2.24. The average molecular weight is 369 g/mol. The van der Waals surface area contributed by atoms with Gasteiger partial charge in [-0.25, -0.2) is 0 Å². The number of rotatable bonds is 3. The molecule has 1 aromatic heterocycles. The minimum absolute atomic E-state index is 0.0811. The van der Waals surface area contributed by atoms with E-state index >= 15 is 0 Å². The average Bonchev–Trinajstić information content (AvgIpc) is 3.36. The highest BCUT2D eigenvalue weighted by atomic mass is 16.5. The fourth-order valence-corrected chi connectivity index (χ4v) is 3.58. The minimum atomic E-state index is -0.157. The van der Waals surface area contributed by atoms with Crippen LogP contribution in [0, 0.1) is 0 Å². The van der Waals surface area contributed by atoms with Crippen LogP contribution >= 0.6 is 0 Å². The molecule has 0 saturated heterocycles. The maximum Gasteiger partial charge on any atom is 0.279 e. The zero-order valence-corrected chi connectivity index (χ0v) is 16.7. The molecule has 0 spiro atoms. The van der Waals surface area contributed by atoms with E-state index in [4.69, 9.17) is 14.6 Å². The second-order valence-corrected chi connectivity index (χ2v) is 8.49. The molecule has 1 atom stereocenters. The summed E-state index contributed by atoms with van der Waals surface area (Å²) in [7, 11) is 1.62. The van der Waals surface area contributed by atoms with Crippen molar-refractivity contribution in [2.45, 2.75) is 58.1 Å². The Morgan fingerprint density at radius 3 is 2.63 bits per heavy atom. The molecule has 1 aliphatic heterocycles. The third-order valence-electron chi connectivity index (χ3n) is 5.06. The maximum atomic E-state index is 13.4. The van der Waals surface area contributed by atoms with Gasteiger partial charge in [-0.1, -0.05) is 0 Å². The van der Waals surface area contributed by atoms with Gasteiger partial charge in [0.05, 0.1) is 24.9 Å². The van der Waals surface area contributed by atoms with Gasteiger partial charge in [-0.05, 0) is 58.7 Å². The molecule has 1 unspecified atom stereocenters. The van der Waals surface area contributed by atoms with Crippen LogP contribution in [-0.2, 0) is 5.54 Å². The van der Waals surface area contributed by atoms with Crippen molar-refractivity contribution >= 4 is 11.6 Å². The van der Waals surface area contributed by atoms with Gasteiger partial charge in [0, 0.05) is 17.7 Å². The first-order chi connectivity index (χ1) is 12.8. The molecular formula is C21H27N3O3. The van der Waals surface area contributed by atoms with E-state index in [9.17, 15) is 4.79 Å². The molecule has 1 saturated carbocycles. The predicted octanol–water partition coefficient (Wildman–Crippen LogP) is 3.95. The summed E-state index contributed by atoms with van der Waals surface area (Å²) in [6.45, 7) is 8.82. The Morgan fingerprint density at radius 2 is 2.00 bits per heavy atom. The van der Waals surface area contributed by atoms with Crippen LogP contribution in [0.3, 0.4) is 0 Å². The van der Waals surface area contributed by atoms with Gasteiger partial charge in [0.25, 0.3) is 5.91 Å². The Morgan fingerprint density at radius 1 is 1.26 bits per heavy atom. The Labute approximate surface area is 160 Å². The van der Waals surface area contributed by atoms with E-state index in [2.05, 4.69) is 20.8 Å². The molecule has 2 aliphatic rings. The molecule has 1 aromatic carbocycles. The van der Waals surface area contributed by atoms with Crippen molar-refractivity contribution in [1.82, 2.24) is 9.78 Å². The topological polar surface area (TPSA) is 56.6 Å². The standard InChI is InChI=1S/C21H27N3O3/c1-13-12-23(18-10-15(26-5)8-9-19(18)27-13)20(25)16-11-17(14-6-7-14)24(22-16)21(2,3)4/h8-11,13-14H,6-7,12H2,1-5H3. The second kappa shape index (κ2) is 6.29. The highest BCUT2D eigenvalue weighted by Crippen LogP contribution is 2.42. The maximum absolute atomic E-state index is 13.4. The van der Waals surface area contributed by atoms with Gasteiger partial charge in [-0.3, -0.25) is 14.4 Å². The number of fused-ring (bicyclic) bond motifs is 1. The molecule has 0 bridgehead atoms. The number of carbonyl (C=O) groups excluding carboxylic acids is 1. The number of hydrogen-bond acceptors (Lipinski definition) is 4. The lowest BCUT2D eigenvalue weighted by atomic mass is 10.1. The molecule has 6 nitrogen and oxygen atoms in total. The van der Waals surface area contributed by atoms with Gasteiger partial charge in [-0.15, -0.1) is 0 Å². The van der Waals surface area contributed by atoms with Gasteiger partial charge in [0.1, 0.15) is 17.6 Å². The summed E-state index contributed by atoms with van der Waals surface area (Å²) in [6.07, 6.45) is 2.26. The van der Waals surface area contributed by atoms with E-state index in [1.807, 2.05) is 35.9 Å². The Bertz CT molecular complexity index is 877. The van der Waals surface area contributed by atoms with E-state index in [-0.39, 0.29) is 17.6 Å². The molecule has 2 aromatic rings. The number of ether oxygens (including phenoxy) is 2. The van der Waals surface area contributed by atoms with Crippen molar-refractivity contribution in [2.24, 2.45) is 0 Å². The number of amides is 1. The van der Waals surface area contributed by atoms with Crippen molar-refractivity contribution in [3.8, 4) is 11.5 Å². The molecule has 1 amide bonds. The van der Waals surface area contributed by atoms with Crippen molar-refractivity contribution < 1.29 is 14.3 Å². The van der Waals surface area contributed by atoms with Crippen LogP contribution in [0.15, 0.2) is 24.3 Å². The summed E-state index contributed by atoms with van der Waals surface area (Å²) in [5.74, 6) is 1.82. The minimum Gasteiger partial charge on any atom is -0.497 e. The van der Waals surface area contributed by atoms with Gasteiger partial charge >= 0.3 is 0 Å². The van der Waals surface area contributed by atoms with Gasteiger partial charge in [-0.2, -0.15) is 5.10 Å². The largest absolute Gasteiger partial charge is 0.497 e. The van der Waals surface area contributed by atoms with E-state index < -0.39 is 0 Å². The molecule has 2 heterocycles. The Balaban J connectivity index is 1.73. The van der Waals surface area contributed by atoms with Crippen LogP contribution in [0.1, 0.15) is 62.6 Å². The quantitative estimate of drug-likeness (QED) is 0.822. The molecular weight excluding hydrogens is 342 g/mol. The second-order valence-electron chi connectivity index (χ2n) is 8.49. The van der Waals surface area contributed by atoms with Crippen molar-refractivity contribution in [1.29, 1.82) is 0 Å². The molecule has 0 radical (unpaired) electrons. The number of hydrogen-bond donors (Lipinski definition) is 0. The normalized spacial score (nSPS) is 19.4. The number of nitrogens with zero attached hydrogens (tertiary/aromatic N) is 3. The molecule has 1 fully saturated rings. The summed E-state index contributed by atoms with van der Waals surface area (Å²) in [6, 6.07) is 7.53. The monoisotopic (exact) mass is 369 g/mol. The van der Waals surface area contributed by atoms with Crippen LogP contribution in [0.5, 0.6) is 11.5 Å². The van der Waals surface area contributed by atoms with Crippen LogP contribution < -0.4 is 14.4 Å². The summed E-state index contributed by atoms with van der Waals surface area (Å²) in [5, 5.41) is 4.71. The van der Waals surface area contributed by atoms with Crippen LogP contribution in [0.4, 0.5) is 5.69 Å². The van der Waals surface area contributed by atoms with Crippen LogP contribution in [-0.4, -0.2) is 35.4 Å². The third-order valence-corrected chi connectivity index (χ3v) is 5.06. The molecule has 27 heavy (non-hydrogen) atoms. The van der Waals surface area contributed by atoms with Gasteiger partial charge in [0.15, 0.2) is 5.69 Å². The summed E-state index contributed by atoms with van der Waals surface area (Å²) >= 11 is 0. The lowest BCUT2D eigenvalue weighted by molar-refractivity contribution is 0.0954. The molecule has 4 rings (SSSR count). The SMILES string of the molecule is COc1ccc2c(c1)N(C(=O)c1cc(C3CC3)n(C(C)(C)C)n1)CC(C)O2. The van der Waals surface area contributed by atoms with E-state index in [1.54, 1.807) is 12.0 Å². The van der Waals surface area contributed by atoms with Crippen molar-refractivity contribution in [3.05, 3.63) is 35.7 Å². The Kier molecular flexibility index (Phi) is 4.17. The van der Waals surface area contributed by atoms with Crippen molar-refractivity contribution in [2.75, 3.05) is 18.6 Å². The molecule has 0 N–H and O–H groups in total. The Hall–Kier alpha value is -2.50. The fraction of sp³-hybridized carbons (Fsp3) is 0.524. The van der Waals surface area contributed by atoms with E-state index in [1.165, 1.54) is 12.8 Å². The first kappa shape index (κ1) is 17.9. The number of aromatic nitrogens is 2. The first-order valence-corrected chi connectivity index (χ1v) is 9.55. The number of benzene rings is 1. The predicted molar refractivity (Wildman–Crippen MR) is 104 cm³/mol. The molecule has 144 valence electrons. The number of carbonyl (C=O) groups is 1. The smallest absolute Gasteiger partial charge is 0.279 e. The highest BCUT2D eigenvalue weighted by molar-refractivity contribution is 6.06. The van der Waals surface area contributed by atoms with E-state index in [0.29, 0.717) is 29.7 Å². The zero-order valence-electron chi connectivity index (χ0n) is 16.7. The van der Waals surface area contributed by atoms with Gasteiger partial charge in [0.2, 0.25) is 0 Å². The molecule has 1 aliphatic carbocycles.